The molecule has 140 valence electrons. The molecule has 0 spiro atoms. The van der Waals surface area contributed by atoms with E-state index in [9.17, 15) is 8.42 Å². The molecule has 0 bridgehead atoms. The number of pyridine rings is 2. The second-order valence-electron chi connectivity index (χ2n) is 6.72. The Balaban J connectivity index is 1.49. The lowest BCUT2D eigenvalue weighted by Crippen LogP contribution is -2.32. The van der Waals surface area contributed by atoms with Crippen LogP contribution in [0, 0.1) is 6.92 Å². The second-order valence-corrected chi connectivity index (χ2v) is 8.69. The van der Waals surface area contributed by atoms with E-state index >= 15 is 0 Å². The Morgan fingerprint density at radius 1 is 1.11 bits per heavy atom. The van der Waals surface area contributed by atoms with Gasteiger partial charge < -0.3 is 4.74 Å². The summed E-state index contributed by atoms with van der Waals surface area (Å²) in [7, 11) is -3.44. The zero-order valence-electron chi connectivity index (χ0n) is 15.1. The predicted octanol–water partition coefficient (Wildman–Crippen LogP) is 2.92. The molecule has 0 radical (unpaired) electrons. The van der Waals surface area contributed by atoms with Crippen LogP contribution < -0.4 is 4.74 Å². The van der Waals surface area contributed by atoms with Gasteiger partial charge in [0.25, 0.3) is 0 Å². The van der Waals surface area contributed by atoms with Crippen LogP contribution in [0.5, 0.6) is 5.75 Å². The van der Waals surface area contributed by atoms with Crippen LogP contribution in [0.2, 0.25) is 0 Å². The van der Waals surface area contributed by atoms with Gasteiger partial charge in [0.15, 0.2) is 0 Å². The molecule has 7 heteroatoms. The van der Waals surface area contributed by atoms with E-state index in [4.69, 9.17) is 4.74 Å². The molecule has 1 atom stereocenters. The maximum atomic E-state index is 12.9. The van der Waals surface area contributed by atoms with Crippen LogP contribution >= 0.6 is 0 Å². The van der Waals surface area contributed by atoms with Crippen molar-refractivity contribution in [3.63, 3.8) is 0 Å². The van der Waals surface area contributed by atoms with Gasteiger partial charge in [-0.1, -0.05) is 24.3 Å². The largest absolute Gasteiger partial charge is 0.487 e. The Labute approximate surface area is 158 Å². The van der Waals surface area contributed by atoms with E-state index in [2.05, 4.69) is 9.97 Å². The summed E-state index contributed by atoms with van der Waals surface area (Å²) in [6.07, 6.45) is 3.91. The molecule has 0 saturated carbocycles. The molecular formula is C20H21N3O3S. The molecular weight excluding hydrogens is 362 g/mol. The van der Waals surface area contributed by atoms with Gasteiger partial charge in [-0.25, -0.2) is 8.42 Å². The van der Waals surface area contributed by atoms with Gasteiger partial charge in [-0.2, -0.15) is 4.31 Å². The van der Waals surface area contributed by atoms with E-state index in [0.717, 1.165) is 22.2 Å². The molecule has 0 aliphatic carbocycles. The highest BCUT2D eigenvalue weighted by molar-refractivity contribution is 7.88. The quantitative estimate of drug-likeness (QED) is 0.677. The summed E-state index contributed by atoms with van der Waals surface area (Å²) in [5.74, 6) is 0.653. The number of hydrogen-bond acceptors (Lipinski definition) is 5. The molecule has 0 amide bonds. The third kappa shape index (κ3) is 3.79. The fourth-order valence-electron chi connectivity index (χ4n) is 3.39. The summed E-state index contributed by atoms with van der Waals surface area (Å²) < 4.78 is 33.4. The van der Waals surface area contributed by atoms with Crippen LogP contribution in [0.15, 0.2) is 54.9 Å². The van der Waals surface area contributed by atoms with Gasteiger partial charge in [0, 0.05) is 24.3 Å². The molecule has 3 aromatic rings. The first-order valence-electron chi connectivity index (χ1n) is 8.92. The predicted molar refractivity (Wildman–Crippen MR) is 104 cm³/mol. The molecule has 0 unspecified atom stereocenters. The third-order valence-electron chi connectivity index (χ3n) is 4.81. The van der Waals surface area contributed by atoms with Crippen molar-refractivity contribution in [3.05, 3.63) is 66.1 Å². The van der Waals surface area contributed by atoms with Gasteiger partial charge in [0.05, 0.1) is 23.5 Å². The Bertz CT molecular complexity index is 1060. The first-order chi connectivity index (χ1) is 13.0. The maximum absolute atomic E-state index is 12.9. The van der Waals surface area contributed by atoms with Crippen LogP contribution in [-0.2, 0) is 15.8 Å². The van der Waals surface area contributed by atoms with Crippen LogP contribution in [-0.4, -0.2) is 41.9 Å². The van der Waals surface area contributed by atoms with Crippen molar-refractivity contribution in [1.82, 2.24) is 14.3 Å². The Hall–Kier alpha value is -2.51. The fraction of sp³-hybridized carbons (Fsp3) is 0.300. The van der Waals surface area contributed by atoms with Gasteiger partial charge in [0.1, 0.15) is 11.9 Å². The molecule has 1 fully saturated rings. The number of nitrogens with zero attached hydrogens (tertiary/aromatic N) is 3. The molecule has 6 nitrogen and oxygen atoms in total. The summed E-state index contributed by atoms with van der Waals surface area (Å²) in [4.78, 5) is 8.57. The summed E-state index contributed by atoms with van der Waals surface area (Å²) in [5.41, 5.74) is 2.27. The van der Waals surface area contributed by atoms with Gasteiger partial charge in [-0.15, -0.1) is 0 Å². The van der Waals surface area contributed by atoms with Gasteiger partial charge >= 0.3 is 0 Å². The second kappa shape index (κ2) is 7.25. The molecule has 1 aromatic carbocycles. The Morgan fingerprint density at radius 2 is 1.89 bits per heavy atom. The normalized spacial score (nSPS) is 18.0. The number of aryl methyl sites for hydroxylation is 1. The lowest BCUT2D eigenvalue weighted by molar-refractivity contribution is 0.213. The fourth-order valence-corrected chi connectivity index (χ4v) is 4.98. The average molecular weight is 383 g/mol. The van der Waals surface area contributed by atoms with E-state index in [1.165, 1.54) is 4.31 Å². The highest BCUT2D eigenvalue weighted by atomic mass is 32.2. The molecule has 1 saturated heterocycles. The van der Waals surface area contributed by atoms with Crippen molar-refractivity contribution in [1.29, 1.82) is 0 Å². The minimum absolute atomic E-state index is 0.0556. The van der Waals surface area contributed by atoms with Crippen LogP contribution in [0.3, 0.4) is 0 Å². The highest BCUT2D eigenvalue weighted by Crippen LogP contribution is 2.25. The van der Waals surface area contributed by atoms with Gasteiger partial charge in [0.2, 0.25) is 10.0 Å². The number of sulfonamides is 1. The maximum Gasteiger partial charge on any atom is 0.218 e. The molecule has 27 heavy (non-hydrogen) atoms. The standard InChI is InChI=1S/C20H21N3O3S/c1-15-19(8-4-10-21-15)26-18-9-12-23(13-18)27(24,25)14-17-6-2-5-16-7-3-11-22-20(16)17/h2-8,10-11,18H,9,12-14H2,1H3/t18-/m0/s1. The Kier molecular flexibility index (Phi) is 4.80. The van der Waals surface area contributed by atoms with Gasteiger partial charge in [-0.3, -0.25) is 9.97 Å². The topological polar surface area (TPSA) is 72.4 Å². The van der Waals surface area contributed by atoms with Crippen LogP contribution in [0.4, 0.5) is 0 Å². The minimum Gasteiger partial charge on any atom is -0.487 e. The molecule has 4 rings (SSSR count). The number of rotatable bonds is 5. The number of aromatic nitrogens is 2. The molecule has 3 heterocycles. The SMILES string of the molecule is Cc1ncccc1O[C@H]1CCN(S(=O)(=O)Cc2cccc3cccnc23)C1. The molecule has 1 aliphatic heterocycles. The summed E-state index contributed by atoms with van der Waals surface area (Å²) in [6, 6.07) is 13.1. The Morgan fingerprint density at radius 3 is 2.74 bits per heavy atom. The lowest BCUT2D eigenvalue weighted by Gasteiger charge is -2.18. The smallest absolute Gasteiger partial charge is 0.218 e. The van der Waals surface area contributed by atoms with Crippen LogP contribution in [0.1, 0.15) is 17.7 Å². The zero-order chi connectivity index (χ0) is 18.9. The lowest BCUT2D eigenvalue weighted by atomic mass is 10.1. The molecule has 1 aliphatic rings. The first-order valence-corrected chi connectivity index (χ1v) is 10.5. The number of hydrogen-bond donors (Lipinski definition) is 0. The average Bonchev–Trinajstić information content (AvgIpc) is 3.13. The van der Waals surface area contributed by atoms with Crippen LogP contribution in [0.25, 0.3) is 10.9 Å². The van der Waals surface area contributed by atoms with Crippen molar-refractivity contribution in [3.8, 4) is 5.75 Å². The van der Waals surface area contributed by atoms with E-state index in [1.54, 1.807) is 12.4 Å². The summed E-state index contributed by atoms with van der Waals surface area (Å²) in [5, 5.41) is 0.944. The monoisotopic (exact) mass is 383 g/mol. The van der Waals surface area contributed by atoms with Crippen molar-refractivity contribution in [2.24, 2.45) is 0 Å². The number of para-hydroxylation sites is 1. The van der Waals surface area contributed by atoms with Crippen molar-refractivity contribution in [2.45, 2.75) is 25.2 Å². The number of ether oxygens (including phenoxy) is 1. The van der Waals surface area contributed by atoms with E-state index in [1.807, 2.05) is 49.4 Å². The molecule has 2 aromatic heterocycles. The zero-order valence-corrected chi connectivity index (χ0v) is 15.9. The van der Waals surface area contributed by atoms with Crippen molar-refractivity contribution in [2.75, 3.05) is 13.1 Å². The number of fused-ring (bicyclic) bond motifs is 1. The summed E-state index contributed by atoms with van der Waals surface area (Å²) in [6.45, 7) is 2.70. The first kappa shape index (κ1) is 17.9. The van der Waals surface area contributed by atoms with E-state index in [-0.39, 0.29) is 11.9 Å². The van der Waals surface area contributed by atoms with E-state index < -0.39 is 10.0 Å². The third-order valence-corrected chi connectivity index (χ3v) is 6.60. The van der Waals surface area contributed by atoms with Crippen molar-refractivity contribution < 1.29 is 13.2 Å². The van der Waals surface area contributed by atoms with E-state index in [0.29, 0.717) is 25.3 Å². The highest BCUT2D eigenvalue weighted by Gasteiger charge is 2.33. The summed E-state index contributed by atoms with van der Waals surface area (Å²) >= 11 is 0. The van der Waals surface area contributed by atoms with Crippen molar-refractivity contribution >= 4 is 20.9 Å². The number of benzene rings is 1. The minimum atomic E-state index is -3.44. The van der Waals surface area contributed by atoms with Gasteiger partial charge in [-0.05, 0) is 37.1 Å². The molecule has 0 N–H and O–H groups in total.